The summed E-state index contributed by atoms with van der Waals surface area (Å²) in [4.78, 5) is 6.34. The summed E-state index contributed by atoms with van der Waals surface area (Å²) >= 11 is 0. The number of nitrogens with zero attached hydrogens (tertiary/aromatic N) is 2. The predicted octanol–water partition coefficient (Wildman–Crippen LogP) is 2.80. The lowest BCUT2D eigenvalue weighted by molar-refractivity contribution is 0.233. The number of halogens is 2. The van der Waals surface area contributed by atoms with Crippen LogP contribution in [0.15, 0.2) is 36.4 Å². The van der Waals surface area contributed by atoms with E-state index in [9.17, 15) is 8.78 Å². The van der Waals surface area contributed by atoms with Gasteiger partial charge in [-0.25, -0.2) is 8.78 Å². The first kappa shape index (κ1) is 15.5. The zero-order chi connectivity index (χ0) is 15.4. The van der Waals surface area contributed by atoms with Crippen molar-refractivity contribution in [3.8, 4) is 0 Å². The van der Waals surface area contributed by atoms with Gasteiger partial charge in [-0.05, 0) is 32.2 Å². The van der Waals surface area contributed by atoms with E-state index in [1.807, 2.05) is 37.1 Å². The molecule has 2 N–H and O–H groups in total. The molecule has 1 heterocycles. The van der Waals surface area contributed by atoms with Gasteiger partial charge in [-0.3, -0.25) is 9.88 Å². The van der Waals surface area contributed by atoms with Gasteiger partial charge in [0.1, 0.15) is 11.6 Å². The summed E-state index contributed by atoms with van der Waals surface area (Å²) in [5.41, 5.74) is 7.99. The lowest BCUT2D eigenvalue weighted by Crippen LogP contribution is -2.31. The maximum atomic E-state index is 13.9. The van der Waals surface area contributed by atoms with Crippen molar-refractivity contribution in [1.29, 1.82) is 0 Å². The fourth-order valence-electron chi connectivity index (χ4n) is 2.37. The van der Waals surface area contributed by atoms with E-state index in [-0.39, 0.29) is 12.6 Å². The number of likely N-dealkylation sites (N-methyl/N-ethyl adjacent to an activating group) is 1. The Hall–Kier alpha value is -1.85. The molecule has 5 heteroatoms. The van der Waals surface area contributed by atoms with E-state index in [1.54, 1.807) is 0 Å². The largest absolute Gasteiger partial charge is 0.329 e. The first-order chi connectivity index (χ1) is 10.0. The number of pyridine rings is 1. The van der Waals surface area contributed by atoms with Crippen molar-refractivity contribution in [1.82, 2.24) is 9.88 Å². The maximum Gasteiger partial charge on any atom is 0.130 e. The Balaban J connectivity index is 2.20. The summed E-state index contributed by atoms with van der Waals surface area (Å²) in [5, 5.41) is 0. The summed E-state index contributed by atoms with van der Waals surface area (Å²) in [5.74, 6) is -1.16. The number of hydrogen-bond acceptors (Lipinski definition) is 3. The van der Waals surface area contributed by atoms with Gasteiger partial charge >= 0.3 is 0 Å². The molecule has 21 heavy (non-hydrogen) atoms. The monoisotopic (exact) mass is 291 g/mol. The van der Waals surface area contributed by atoms with Gasteiger partial charge in [0.2, 0.25) is 0 Å². The van der Waals surface area contributed by atoms with Crippen molar-refractivity contribution < 1.29 is 8.78 Å². The van der Waals surface area contributed by atoms with Crippen LogP contribution in [0.2, 0.25) is 0 Å². The van der Waals surface area contributed by atoms with E-state index < -0.39 is 11.6 Å². The third-order valence-electron chi connectivity index (χ3n) is 3.43. The Morgan fingerprint density at radius 1 is 1.24 bits per heavy atom. The highest BCUT2D eigenvalue weighted by Crippen LogP contribution is 2.23. The molecule has 0 saturated carbocycles. The van der Waals surface area contributed by atoms with Gasteiger partial charge in [-0.2, -0.15) is 0 Å². The van der Waals surface area contributed by atoms with E-state index in [0.29, 0.717) is 12.1 Å². The van der Waals surface area contributed by atoms with Gasteiger partial charge in [0.15, 0.2) is 0 Å². The van der Waals surface area contributed by atoms with Crippen LogP contribution in [0.1, 0.15) is 23.0 Å². The molecule has 1 aromatic heterocycles. The van der Waals surface area contributed by atoms with Crippen molar-refractivity contribution in [2.75, 3.05) is 13.6 Å². The molecule has 0 bridgehead atoms. The molecule has 0 aliphatic rings. The van der Waals surface area contributed by atoms with Crippen LogP contribution < -0.4 is 5.73 Å². The second kappa shape index (κ2) is 6.74. The number of rotatable bonds is 5. The minimum absolute atomic E-state index is 0.241. The molecule has 1 atom stereocenters. The Kier molecular flexibility index (Phi) is 4.98. The highest BCUT2D eigenvalue weighted by atomic mass is 19.1. The molecule has 0 radical (unpaired) electrons. The van der Waals surface area contributed by atoms with Crippen molar-refractivity contribution >= 4 is 0 Å². The molecule has 112 valence electrons. The zero-order valence-electron chi connectivity index (χ0n) is 12.2. The number of benzene rings is 1. The molecule has 0 spiro atoms. The van der Waals surface area contributed by atoms with Gasteiger partial charge in [-0.1, -0.05) is 12.1 Å². The Labute approximate surface area is 123 Å². The van der Waals surface area contributed by atoms with Crippen LogP contribution in [0.25, 0.3) is 0 Å². The fraction of sp³-hybridized carbons (Fsp3) is 0.312. The van der Waals surface area contributed by atoms with Crippen molar-refractivity contribution in [2.24, 2.45) is 5.73 Å². The van der Waals surface area contributed by atoms with Gasteiger partial charge < -0.3 is 5.73 Å². The van der Waals surface area contributed by atoms with Crippen LogP contribution in [-0.2, 0) is 6.54 Å². The lowest BCUT2D eigenvalue weighted by atomic mass is 10.0. The van der Waals surface area contributed by atoms with Crippen LogP contribution >= 0.6 is 0 Å². The second-order valence-electron chi connectivity index (χ2n) is 5.10. The smallest absolute Gasteiger partial charge is 0.130 e. The molecular formula is C16H19F2N3. The van der Waals surface area contributed by atoms with E-state index in [0.717, 1.165) is 17.5 Å². The molecule has 1 aromatic carbocycles. The standard InChI is InChI=1S/C16H19F2N3/c1-11-4-3-5-13(20-11)10-21(2)16(9-19)14-7-6-12(17)8-15(14)18/h3-8,16H,9-10,19H2,1-2H3. The third-order valence-corrected chi connectivity index (χ3v) is 3.43. The molecule has 0 fully saturated rings. The van der Waals surface area contributed by atoms with Crippen LogP contribution in [-0.4, -0.2) is 23.5 Å². The van der Waals surface area contributed by atoms with Crippen LogP contribution in [0.5, 0.6) is 0 Å². The quantitative estimate of drug-likeness (QED) is 0.921. The summed E-state index contributed by atoms with van der Waals surface area (Å²) in [6.45, 7) is 2.70. The maximum absolute atomic E-state index is 13.9. The van der Waals surface area contributed by atoms with Gasteiger partial charge in [0, 0.05) is 30.4 Å². The first-order valence-electron chi connectivity index (χ1n) is 6.79. The summed E-state index contributed by atoms with van der Waals surface area (Å²) in [6.07, 6.45) is 0. The van der Waals surface area contributed by atoms with Gasteiger partial charge in [0.05, 0.1) is 11.7 Å². The molecule has 1 unspecified atom stereocenters. The van der Waals surface area contributed by atoms with Gasteiger partial charge in [-0.15, -0.1) is 0 Å². The molecule has 0 aliphatic heterocycles. The molecular weight excluding hydrogens is 272 g/mol. The van der Waals surface area contributed by atoms with E-state index in [2.05, 4.69) is 4.98 Å². The van der Waals surface area contributed by atoms with E-state index in [1.165, 1.54) is 12.1 Å². The van der Waals surface area contributed by atoms with Crippen molar-refractivity contribution in [3.63, 3.8) is 0 Å². The zero-order valence-corrected chi connectivity index (χ0v) is 12.2. The summed E-state index contributed by atoms with van der Waals surface area (Å²) in [7, 11) is 1.85. The molecule has 0 saturated heterocycles. The average Bonchev–Trinajstić information content (AvgIpc) is 2.42. The molecule has 0 aliphatic carbocycles. The van der Waals surface area contributed by atoms with E-state index in [4.69, 9.17) is 5.73 Å². The van der Waals surface area contributed by atoms with Crippen LogP contribution in [0, 0.1) is 18.6 Å². The van der Waals surface area contributed by atoms with Crippen molar-refractivity contribution in [2.45, 2.75) is 19.5 Å². The molecule has 2 aromatic rings. The average molecular weight is 291 g/mol. The van der Waals surface area contributed by atoms with Crippen LogP contribution in [0.4, 0.5) is 8.78 Å². The minimum atomic E-state index is -0.588. The topological polar surface area (TPSA) is 42.1 Å². The summed E-state index contributed by atoms with van der Waals surface area (Å²) in [6, 6.07) is 9.02. The molecule has 3 nitrogen and oxygen atoms in total. The third kappa shape index (κ3) is 3.83. The molecule has 2 rings (SSSR count). The Morgan fingerprint density at radius 3 is 2.62 bits per heavy atom. The predicted molar refractivity (Wildman–Crippen MR) is 78.6 cm³/mol. The number of aryl methyl sites for hydroxylation is 1. The van der Waals surface area contributed by atoms with Crippen molar-refractivity contribution in [3.05, 3.63) is 65.0 Å². The highest BCUT2D eigenvalue weighted by Gasteiger charge is 2.20. The highest BCUT2D eigenvalue weighted by molar-refractivity contribution is 5.23. The lowest BCUT2D eigenvalue weighted by Gasteiger charge is -2.27. The van der Waals surface area contributed by atoms with E-state index >= 15 is 0 Å². The second-order valence-corrected chi connectivity index (χ2v) is 5.10. The Bertz CT molecular complexity index is 616. The summed E-state index contributed by atoms with van der Waals surface area (Å²) < 4.78 is 26.9. The number of hydrogen-bond donors (Lipinski definition) is 1. The molecule has 0 amide bonds. The fourth-order valence-corrected chi connectivity index (χ4v) is 2.37. The van der Waals surface area contributed by atoms with Gasteiger partial charge in [0.25, 0.3) is 0 Å². The number of nitrogens with two attached hydrogens (primary N) is 1. The normalized spacial score (nSPS) is 12.7. The Morgan fingerprint density at radius 2 is 2.00 bits per heavy atom. The SMILES string of the molecule is Cc1cccc(CN(C)C(CN)c2ccc(F)cc2F)n1. The number of aromatic nitrogens is 1. The van der Waals surface area contributed by atoms with Crippen LogP contribution in [0.3, 0.4) is 0 Å². The first-order valence-corrected chi connectivity index (χ1v) is 6.79. The minimum Gasteiger partial charge on any atom is -0.329 e.